The molecule has 0 aromatic heterocycles. The molecular weight excluding hydrogens is 159 g/mol. The van der Waals surface area contributed by atoms with E-state index >= 15 is 0 Å². The fourth-order valence-corrected chi connectivity index (χ4v) is 1.00. The van der Waals surface area contributed by atoms with E-state index in [0.29, 0.717) is 0 Å². The van der Waals surface area contributed by atoms with Crippen molar-refractivity contribution in [2.24, 2.45) is 0 Å². The molecule has 0 aliphatic heterocycles. The average Bonchev–Trinajstić information content (AvgIpc) is 1.88. The van der Waals surface area contributed by atoms with E-state index in [1.54, 1.807) is 6.07 Å². The van der Waals surface area contributed by atoms with Gasteiger partial charge >= 0.3 is 18.9 Å². The van der Waals surface area contributed by atoms with Crippen molar-refractivity contribution in [3.05, 3.63) is 30.3 Å². The van der Waals surface area contributed by atoms with E-state index in [4.69, 9.17) is 4.55 Å². The van der Waals surface area contributed by atoms with Crippen molar-refractivity contribution in [1.82, 2.24) is 0 Å². The van der Waals surface area contributed by atoms with Crippen LogP contribution in [0.2, 0.25) is 0 Å². The van der Waals surface area contributed by atoms with Crippen molar-refractivity contribution in [2.75, 3.05) is 0 Å². The average molecular weight is 164 g/mol. The molecule has 1 rings (SSSR count). The van der Waals surface area contributed by atoms with E-state index in [0.717, 1.165) is 0 Å². The molecule has 3 nitrogen and oxygen atoms in total. The number of hydrogen-bond acceptors (Lipinski definition) is 2. The van der Waals surface area contributed by atoms with Crippen molar-refractivity contribution in [3.63, 3.8) is 0 Å². The second kappa shape index (κ2) is 3.93. The van der Waals surface area contributed by atoms with E-state index in [-0.39, 0.29) is 23.8 Å². The molecule has 0 amide bonds. The Hall–Kier alpha value is -0.273. The van der Waals surface area contributed by atoms with Crippen molar-refractivity contribution in [3.8, 4) is 0 Å². The molecule has 1 aromatic rings. The van der Waals surface area contributed by atoms with Crippen molar-refractivity contribution in [1.29, 1.82) is 0 Å². The van der Waals surface area contributed by atoms with Crippen molar-refractivity contribution in [2.45, 2.75) is 4.90 Å². The molecule has 0 radical (unpaired) electrons. The van der Waals surface area contributed by atoms with Gasteiger partial charge in [0.05, 0.1) is 0 Å². The minimum absolute atomic E-state index is 0. The summed E-state index contributed by atoms with van der Waals surface area (Å²) >= 11 is 0. The van der Waals surface area contributed by atoms with E-state index in [1.807, 2.05) is 0 Å². The largest absolute Gasteiger partial charge is 1.00 e. The third-order valence-electron chi connectivity index (χ3n) is 0.976. The first-order valence-corrected chi connectivity index (χ1v) is 3.98. The Kier molecular flexibility index (Phi) is 3.83. The molecule has 1 N–H and O–H groups in total. The van der Waals surface area contributed by atoms with Crippen LogP contribution >= 0.6 is 0 Å². The summed E-state index contributed by atoms with van der Waals surface area (Å²) < 4.78 is 29.2. The molecule has 0 spiro atoms. The molecule has 0 atom stereocenters. The summed E-state index contributed by atoms with van der Waals surface area (Å²) in [6.07, 6.45) is 0. The third-order valence-corrected chi connectivity index (χ3v) is 1.83. The minimum Gasteiger partial charge on any atom is -0.291 e. The summed E-state index contributed by atoms with van der Waals surface area (Å²) in [5.41, 5.74) is 0. The third kappa shape index (κ3) is 3.08. The Bertz CT molecular complexity index is 306. The van der Waals surface area contributed by atoms with Crippen LogP contribution in [0.25, 0.3) is 0 Å². The van der Waals surface area contributed by atoms with Crippen LogP contribution in [0.15, 0.2) is 29.2 Å². The van der Waals surface area contributed by atoms with E-state index in [1.165, 1.54) is 18.2 Å². The SMILES string of the molecule is O=S(=O)(O)c1c[c-]ccc1.[Li+]. The molecule has 0 saturated carbocycles. The molecule has 0 fully saturated rings. The fraction of sp³-hybridized carbons (Fsp3) is 0. The molecule has 1 aromatic carbocycles. The van der Waals surface area contributed by atoms with Crippen LogP contribution < -0.4 is 18.9 Å². The molecule has 0 aliphatic rings. The zero-order valence-corrected chi connectivity index (χ0v) is 6.80. The fourth-order valence-electron chi connectivity index (χ4n) is 0.537. The van der Waals surface area contributed by atoms with Gasteiger partial charge < -0.3 is 0 Å². The molecule has 0 unspecified atom stereocenters. The van der Waals surface area contributed by atoms with Crippen LogP contribution in [-0.4, -0.2) is 13.0 Å². The van der Waals surface area contributed by atoms with Gasteiger partial charge in [-0.15, -0.1) is 0 Å². The van der Waals surface area contributed by atoms with Gasteiger partial charge in [0.1, 0.15) is 0 Å². The van der Waals surface area contributed by atoms with E-state index in [9.17, 15) is 8.42 Å². The van der Waals surface area contributed by atoms with Gasteiger partial charge in [-0.25, -0.2) is 8.42 Å². The Labute approximate surface area is 77.4 Å². The zero-order chi connectivity index (χ0) is 7.61. The molecule has 0 bridgehead atoms. The Morgan fingerprint density at radius 1 is 1.45 bits per heavy atom. The monoisotopic (exact) mass is 164 g/mol. The van der Waals surface area contributed by atoms with Gasteiger partial charge in [0, 0.05) is 0 Å². The van der Waals surface area contributed by atoms with Gasteiger partial charge in [0.15, 0.2) is 0 Å². The molecule has 54 valence electrons. The zero-order valence-electron chi connectivity index (χ0n) is 5.98. The van der Waals surface area contributed by atoms with Crippen LogP contribution in [0.5, 0.6) is 0 Å². The summed E-state index contributed by atoms with van der Waals surface area (Å²) in [4.78, 5) is -0.130. The Balaban J connectivity index is 0.000001000. The minimum atomic E-state index is -4.03. The second-order valence-electron chi connectivity index (χ2n) is 1.71. The predicted octanol–water partition coefficient (Wildman–Crippen LogP) is -2.26. The van der Waals surface area contributed by atoms with Gasteiger partial charge in [-0.1, -0.05) is 0 Å². The first kappa shape index (κ1) is 10.7. The van der Waals surface area contributed by atoms with Crippen LogP contribution in [0.4, 0.5) is 0 Å². The maximum atomic E-state index is 10.4. The first-order valence-electron chi connectivity index (χ1n) is 2.54. The van der Waals surface area contributed by atoms with Gasteiger partial charge in [0.2, 0.25) is 10.1 Å². The van der Waals surface area contributed by atoms with Crippen LogP contribution in [0.1, 0.15) is 0 Å². The van der Waals surface area contributed by atoms with Gasteiger partial charge in [-0.2, -0.15) is 30.3 Å². The second-order valence-corrected chi connectivity index (χ2v) is 3.14. The number of hydrogen-bond donors (Lipinski definition) is 1. The summed E-state index contributed by atoms with van der Waals surface area (Å²) in [6, 6.07) is 8.07. The molecule has 11 heavy (non-hydrogen) atoms. The maximum absolute atomic E-state index is 10.4. The summed E-state index contributed by atoms with van der Waals surface area (Å²) in [5.74, 6) is 0. The number of rotatable bonds is 1. The Morgan fingerprint density at radius 3 is 2.36 bits per heavy atom. The summed E-state index contributed by atoms with van der Waals surface area (Å²) in [6.45, 7) is 0. The standard InChI is InChI=1S/C6H5O3S.Li/c7-10(8,9)6-4-2-1-3-5-6;/h1-2,4-5H,(H,7,8,9);/q-1;+1. The molecule has 0 heterocycles. The smallest absolute Gasteiger partial charge is 0.291 e. The Morgan fingerprint density at radius 2 is 2.09 bits per heavy atom. The number of benzene rings is 1. The van der Waals surface area contributed by atoms with Crippen LogP contribution in [-0.2, 0) is 10.1 Å². The van der Waals surface area contributed by atoms with Crippen molar-refractivity contribution < 1.29 is 31.8 Å². The quantitative estimate of drug-likeness (QED) is 0.289. The van der Waals surface area contributed by atoms with Crippen LogP contribution in [0.3, 0.4) is 0 Å². The summed E-state index contributed by atoms with van der Waals surface area (Å²) in [5, 5.41) is 0. The molecule has 5 heteroatoms. The van der Waals surface area contributed by atoms with Crippen LogP contribution in [0, 0.1) is 6.07 Å². The van der Waals surface area contributed by atoms with Gasteiger partial charge in [0.25, 0.3) is 0 Å². The molecule has 0 aliphatic carbocycles. The topological polar surface area (TPSA) is 54.4 Å². The van der Waals surface area contributed by atoms with Gasteiger partial charge in [-0.3, -0.25) is 4.55 Å². The molecule has 0 saturated heterocycles. The molecular formula is C6H5LiO3S. The normalized spacial score (nSPS) is 10.3. The van der Waals surface area contributed by atoms with E-state index < -0.39 is 10.1 Å². The predicted molar refractivity (Wildman–Crippen MR) is 35.1 cm³/mol. The maximum Gasteiger partial charge on any atom is 1.00 e. The summed E-state index contributed by atoms with van der Waals surface area (Å²) in [7, 11) is -4.03. The van der Waals surface area contributed by atoms with Crippen molar-refractivity contribution >= 4 is 10.1 Å². The first-order chi connectivity index (χ1) is 4.61. The van der Waals surface area contributed by atoms with Gasteiger partial charge in [-0.05, 0) is 4.90 Å². The van der Waals surface area contributed by atoms with E-state index in [2.05, 4.69) is 6.07 Å².